The third-order valence-corrected chi connectivity index (χ3v) is 8.64. The smallest absolute Gasteiger partial charge is 0.0835 e. The normalized spacial score (nSPS) is 15.9. The maximum absolute atomic E-state index is 10.0. The van der Waals surface area contributed by atoms with E-state index in [0.29, 0.717) is 11.5 Å². The highest BCUT2D eigenvalue weighted by Gasteiger charge is 2.31. The highest BCUT2D eigenvalue weighted by atomic mass is 28.3. The van der Waals surface area contributed by atoms with Crippen molar-refractivity contribution in [3.05, 3.63) is 30.3 Å². The van der Waals surface area contributed by atoms with Gasteiger partial charge in [-0.25, -0.2) is 0 Å². The van der Waals surface area contributed by atoms with Crippen LogP contribution >= 0.6 is 0 Å². The monoisotopic (exact) mass is 250 g/mol. The van der Waals surface area contributed by atoms with Crippen LogP contribution in [0.5, 0.6) is 0 Å². The Kier molecular flexibility index (Phi) is 4.96. The predicted molar refractivity (Wildman–Crippen MR) is 78.4 cm³/mol. The van der Waals surface area contributed by atoms with Crippen LogP contribution in [0.3, 0.4) is 0 Å². The van der Waals surface area contributed by atoms with Gasteiger partial charge in [-0.05, 0) is 17.9 Å². The van der Waals surface area contributed by atoms with E-state index < -0.39 is 8.07 Å². The highest BCUT2D eigenvalue weighted by Crippen LogP contribution is 2.28. The van der Waals surface area contributed by atoms with E-state index in [0.717, 1.165) is 6.42 Å². The molecule has 1 aromatic carbocycles. The topological polar surface area (TPSA) is 20.2 Å². The summed E-state index contributed by atoms with van der Waals surface area (Å²) < 4.78 is 0. The molecule has 17 heavy (non-hydrogen) atoms. The lowest BCUT2D eigenvalue weighted by Gasteiger charge is -2.32. The molecule has 0 amide bonds. The molecule has 0 saturated carbocycles. The number of hydrogen-bond donors (Lipinski definition) is 1. The minimum atomic E-state index is -1.45. The lowest BCUT2D eigenvalue weighted by Crippen LogP contribution is -2.46. The van der Waals surface area contributed by atoms with Gasteiger partial charge in [0, 0.05) is 0 Å². The van der Waals surface area contributed by atoms with Crippen molar-refractivity contribution < 1.29 is 5.11 Å². The van der Waals surface area contributed by atoms with E-state index in [-0.39, 0.29) is 6.10 Å². The molecule has 1 aromatic rings. The van der Waals surface area contributed by atoms with Gasteiger partial charge in [0.25, 0.3) is 0 Å². The third-order valence-electron chi connectivity index (χ3n) is 4.11. The first kappa shape index (κ1) is 14.5. The van der Waals surface area contributed by atoms with Gasteiger partial charge in [0.15, 0.2) is 0 Å². The van der Waals surface area contributed by atoms with E-state index in [9.17, 15) is 5.11 Å². The molecule has 0 spiro atoms. The molecule has 1 nitrogen and oxygen atoms in total. The maximum Gasteiger partial charge on any atom is 0.0835 e. The van der Waals surface area contributed by atoms with E-state index in [1.165, 1.54) is 5.19 Å². The van der Waals surface area contributed by atoms with Crippen LogP contribution in [0.2, 0.25) is 18.6 Å². The molecule has 0 fully saturated rings. The molecule has 0 heterocycles. The SMILES string of the molecule is CC(C)[C@@H](O)C[C@@H](C)[Si](C)(C)c1ccccc1. The van der Waals surface area contributed by atoms with Crippen LogP contribution in [0.4, 0.5) is 0 Å². The van der Waals surface area contributed by atoms with Gasteiger partial charge in [-0.3, -0.25) is 0 Å². The predicted octanol–water partition coefficient (Wildman–Crippen LogP) is 3.40. The Morgan fingerprint density at radius 2 is 1.59 bits per heavy atom. The molecule has 2 heteroatoms. The van der Waals surface area contributed by atoms with Gasteiger partial charge >= 0.3 is 0 Å². The summed E-state index contributed by atoms with van der Waals surface area (Å²) in [5.41, 5.74) is 0.599. The maximum atomic E-state index is 10.0. The Morgan fingerprint density at radius 3 is 2.06 bits per heavy atom. The summed E-state index contributed by atoms with van der Waals surface area (Å²) in [7, 11) is -1.45. The molecule has 0 unspecified atom stereocenters. The van der Waals surface area contributed by atoms with E-state index in [4.69, 9.17) is 0 Å². The van der Waals surface area contributed by atoms with Crippen molar-refractivity contribution >= 4 is 13.3 Å². The van der Waals surface area contributed by atoms with Gasteiger partial charge in [0.2, 0.25) is 0 Å². The molecule has 96 valence electrons. The molecule has 2 atom stereocenters. The van der Waals surface area contributed by atoms with Crippen LogP contribution in [0.25, 0.3) is 0 Å². The Hall–Kier alpha value is -0.603. The van der Waals surface area contributed by atoms with Crippen molar-refractivity contribution in [1.29, 1.82) is 0 Å². The van der Waals surface area contributed by atoms with Crippen molar-refractivity contribution in [3.8, 4) is 0 Å². The lowest BCUT2D eigenvalue weighted by atomic mass is 10.0. The molecule has 0 aliphatic heterocycles. The van der Waals surface area contributed by atoms with Gasteiger partial charge < -0.3 is 5.11 Å². The molecule has 1 rings (SSSR count). The Bertz CT molecular complexity index is 332. The van der Waals surface area contributed by atoms with Gasteiger partial charge in [-0.15, -0.1) is 0 Å². The summed E-state index contributed by atoms with van der Waals surface area (Å²) in [4.78, 5) is 0. The fraction of sp³-hybridized carbons (Fsp3) is 0.600. The molecular weight excluding hydrogens is 224 g/mol. The van der Waals surface area contributed by atoms with Gasteiger partial charge in [-0.2, -0.15) is 0 Å². The number of benzene rings is 1. The molecule has 0 saturated heterocycles. The largest absolute Gasteiger partial charge is 0.393 e. The van der Waals surface area contributed by atoms with Crippen molar-refractivity contribution in [2.24, 2.45) is 5.92 Å². The zero-order valence-corrected chi connectivity index (χ0v) is 12.8. The zero-order valence-electron chi connectivity index (χ0n) is 11.8. The second kappa shape index (κ2) is 5.83. The Morgan fingerprint density at radius 1 is 1.06 bits per heavy atom. The van der Waals surface area contributed by atoms with Crippen molar-refractivity contribution in [2.45, 2.75) is 51.9 Å². The second-order valence-electron chi connectivity index (χ2n) is 6.04. The summed E-state index contributed by atoms with van der Waals surface area (Å²) in [6.07, 6.45) is 0.756. The summed E-state index contributed by atoms with van der Waals surface area (Å²) in [6, 6.07) is 10.8. The Labute approximate surface area is 107 Å². The quantitative estimate of drug-likeness (QED) is 0.794. The van der Waals surface area contributed by atoms with E-state index in [1.807, 2.05) is 0 Å². The van der Waals surface area contributed by atoms with E-state index in [2.05, 4.69) is 64.2 Å². The van der Waals surface area contributed by atoms with Gasteiger partial charge in [0.1, 0.15) is 0 Å². The number of aliphatic hydroxyl groups is 1. The first-order valence-corrected chi connectivity index (χ1v) is 9.67. The van der Waals surface area contributed by atoms with Gasteiger partial charge in [0.05, 0.1) is 14.2 Å². The fourth-order valence-electron chi connectivity index (χ4n) is 2.08. The standard InChI is InChI=1S/C15H26OSi/c1-12(2)15(16)11-13(3)17(4,5)14-9-7-6-8-10-14/h6-10,12-13,15-16H,11H2,1-5H3/t13-,15+/m1/s1. The first-order valence-electron chi connectivity index (χ1n) is 6.59. The minimum Gasteiger partial charge on any atom is -0.393 e. The van der Waals surface area contributed by atoms with E-state index >= 15 is 0 Å². The third kappa shape index (κ3) is 3.68. The molecule has 0 radical (unpaired) electrons. The number of hydrogen-bond acceptors (Lipinski definition) is 1. The molecule has 0 aliphatic carbocycles. The fourth-order valence-corrected chi connectivity index (χ4v) is 4.53. The number of aliphatic hydroxyl groups excluding tert-OH is 1. The zero-order chi connectivity index (χ0) is 13.1. The first-order chi connectivity index (χ1) is 7.85. The summed E-state index contributed by atoms with van der Waals surface area (Å²) >= 11 is 0. The van der Waals surface area contributed by atoms with Crippen molar-refractivity contribution in [2.75, 3.05) is 0 Å². The van der Waals surface area contributed by atoms with Crippen LogP contribution < -0.4 is 5.19 Å². The molecule has 0 aromatic heterocycles. The van der Waals surface area contributed by atoms with Crippen LogP contribution in [0, 0.1) is 5.92 Å². The summed E-state index contributed by atoms with van der Waals surface area (Å²) in [5, 5.41) is 11.5. The van der Waals surface area contributed by atoms with Crippen molar-refractivity contribution in [3.63, 3.8) is 0 Å². The molecule has 1 N–H and O–H groups in total. The van der Waals surface area contributed by atoms with Crippen LogP contribution in [0.15, 0.2) is 30.3 Å². The van der Waals surface area contributed by atoms with E-state index in [1.54, 1.807) is 0 Å². The minimum absolute atomic E-state index is 0.166. The Balaban J connectivity index is 2.77. The molecule has 0 bridgehead atoms. The molecule has 0 aliphatic rings. The van der Waals surface area contributed by atoms with Crippen molar-refractivity contribution in [1.82, 2.24) is 0 Å². The van der Waals surface area contributed by atoms with Gasteiger partial charge in [-0.1, -0.05) is 69.4 Å². The molecular formula is C15H26OSi. The average molecular weight is 250 g/mol. The summed E-state index contributed by atoms with van der Waals surface area (Å²) in [5.74, 6) is 0.359. The average Bonchev–Trinajstić information content (AvgIpc) is 2.29. The highest BCUT2D eigenvalue weighted by molar-refractivity contribution is 6.90. The summed E-state index contributed by atoms with van der Waals surface area (Å²) in [6.45, 7) is 11.3. The second-order valence-corrected chi connectivity index (χ2v) is 11.0. The number of rotatable bonds is 5. The lowest BCUT2D eigenvalue weighted by molar-refractivity contribution is 0.115. The van der Waals surface area contributed by atoms with Crippen LogP contribution in [-0.4, -0.2) is 19.3 Å². The van der Waals surface area contributed by atoms with Crippen LogP contribution in [0.1, 0.15) is 27.2 Å². The van der Waals surface area contributed by atoms with Crippen LogP contribution in [-0.2, 0) is 0 Å².